The Morgan fingerprint density at radius 1 is 1.40 bits per heavy atom. The van der Waals surface area contributed by atoms with Crippen LogP contribution in [0, 0.1) is 5.92 Å². The van der Waals surface area contributed by atoms with Crippen LogP contribution < -0.4 is 5.32 Å². The van der Waals surface area contributed by atoms with Crippen LogP contribution in [0.1, 0.15) is 36.8 Å². The molecule has 1 aromatic heterocycles. The zero-order valence-electron chi connectivity index (χ0n) is 13.2. The normalized spacial score (nSPS) is 18.3. The van der Waals surface area contributed by atoms with Gasteiger partial charge in [0, 0.05) is 24.9 Å². The summed E-state index contributed by atoms with van der Waals surface area (Å²) in [5.74, 6) is 1.75. The highest BCUT2D eigenvalue weighted by Crippen LogP contribution is 2.23. The number of hydrogen-bond donors (Lipinski definition) is 1. The van der Waals surface area contributed by atoms with E-state index in [4.69, 9.17) is 4.98 Å². The van der Waals surface area contributed by atoms with Crippen molar-refractivity contribution in [3.63, 3.8) is 0 Å². The number of hydrogen-bond acceptors (Lipinski definition) is 4. The molecule has 0 saturated heterocycles. The standard InChI is InChI=1S/C16H28N4/c1-4-8-17-11-13-5-6-15-14(10-13)12-18-16(19-15)7-9-20(2)3/h12-13,17H,4-11H2,1-3H3. The molecule has 1 heterocycles. The highest BCUT2D eigenvalue weighted by molar-refractivity contribution is 5.21. The predicted octanol–water partition coefficient (Wildman–Crippen LogP) is 1.69. The fourth-order valence-corrected chi connectivity index (χ4v) is 2.73. The summed E-state index contributed by atoms with van der Waals surface area (Å²) in [6.07, 6.45) is 7.74. The molecule has 0 fully saturated rings. The van der Waals surface area contributed by atoms with Gasteiger partial charge in [-0.15, -0.1) is 0 Å². The van der Waals surface area contributed by atoms with Gasteiger partial charge in [-0.25, -0.2) is 9.97 Å². The number of fused-ring (bicyclic) bond motifs is 1. The van der Waals surface area contributed by atoms with Gasteiger partial charge in [0.15, 0.2) is 0 Å². The van der Waals surface area contributed by atoms with Crippen LogP contribution in [-0.4, -0.2) is 48.6 Å². The van der Waals surface area contributed by atoms with Crippen LogP contribution in [0.3, 0.4) is 0 Å². The minimum atomic E-state index is 0.755. The van der Waals surface area contributed by atoms with Gasteiger partial charge in [0.2, 0.25) is 0 Å². The topological polar surface area (TPSA) is 41.1 Å². The smallest absolute Gasteiger partial charge is 0.129 e. The van der Waals surface area contributed by atoms with Crippen molar-refractivity contribution < 1.29 is 0 Å². The Morgan fingerprint density at radius 3 is 3.00 bits per heavy atom. The minimum absolute atomic E-state index is 0.755. The third kappa shape index (κ3) is 4.53. The first kappa shape index (κ1) is 15.4. The summed E-state index contributed by atoms with van der Waals surface area (Å²) in [5.41, 5.74) is 2.66. The zero-order chi connectivity index (χ0) is 14.4. The molecule has 0 spiro atoms. The third-order valence-corrected chi connectivity index (χ3v) is 3.94. The van der Waals surface area contributed by atoms with Crippen molar-refractivity contribution in [1.82, 2.24) is 20.2 Å². The van der Waals surface area contributed by atoms with Crippen molar-refractivity contribution in [3.8, 4) is 0 Å². The first-order chi connectivity index (χ1) is 9.69. The molecule has 1 aliphatic carbocycles. The molecule has 20 heavy (non-hydrogen) atoms. The van der Waals surface area contributed by atoms with Crippen LogP contribution in [0.2, 0.25) is 0 Å². The molecule has 2 rings (SSSR count). The molecule has 1 unspecified atom stereocenters. The van der Waals surface area contributed by atoms with Crippen LogP contribution in [0.5, 0.6) is 0 Å². The van der Waals surface area contributed by atoms with Crippen molar-refractivity contribution >= 4 is 0 Å². The lowest BCUT2D eigenvalue weighted by Crippen LogP contribution is -2.28. The van der Waals surface area contributed by atoms with E-state index in [0.717, 1.165) is 50.6 Å². The molecular weight excluding hydrogens is 248 g/mol. The van der Waals surface area contributed by atoms with Crippen LogP contribution in [0.15, 0.2) is 6.20 Å². The summed E-state index contributed by atoms with van der Waals surface area (Å²) in [6, 6.07) is 0. The van der Waals surface area contributed by atoms with Crippen LogP contribution >= 0.6 is 0 Å². The summed E-state index contributed by atoms with van der Waals surface area (Å²) in [4.78, 5) is 11.5. The van der Waals surface area contributed by atoms with E-state index >= 15 is 0 Å². The molecule has 0 saturated carbocycles. The maximum Gasteiger partial charge on any atom is 0.129 e. The molecule has 0 aromatic carbocycles. The summed E-state index contributed by atoms with van der Waals surface area (Å²) in [7, 11) is 4.18. The number of likely N-dealkylation sites (N-methyl/N-ethyl adjacent to an activating group) is 1. The number of nitrogens with zero attached hydrogens (tertiary/aromatic N) is 3. The fraction of sp³-hybridized carbons (Fsp3) is 0.750. The van der Waals surface area contributed by atoms with Gasteiger partial charge in [-0.2, -0.15) is 0 Å². The van der Waals surface area contributed by atoms with Gasteiger partial charge in [0.05, 0.1) is 0 Å². The largest absolute Gasteiger partial charge is 0.316 e. The Morgan fingerprint density at radius 2 is 2.25 bits per heavy atom. The molecule has 1 N–H and O–H groups in total. The lowest BCUT2D eigenvalue weighted by atomic mass is 9.87. The predicted molar refractivity (Wildman–Crippen MR) is 83.0 cm³/mol. The highest BCUT2D eigenvalue weighted by atomic mass is 15.1. The Hall–Kier alpha value is -1.00. The highest BCUT2D eigenvalue weighted by Gasteiger charge is 2.20. The summed E-state index contributed by atoms with van der Waals surface area (Å²) in [5, 5.41) is 3.53. The molecule has 0 amide bonds. The Bertz CT molecular complexity index is 417. The number of aromatic nitrogens is 2. The van der Waals surface area contributed by atoms with Gasteiger partial charge in [-0.05, 0) is 64.3 Å². The monoisotopic (exact) mass is 276 g/mol. The lowest BCUT2D eigenvalue weighted by Gasteiger charge is -2.24. The van der Waals surface area contributed by atoms with Crippen LogP contribution in [-0.2, 0) is 19.3 Å². The number of aryl methyl sites for hydroxylation is 1. The number of rotatable bonds is 7. The minimum Gasteiger partial charge on any atom is -0.316 e. The van der Waals surface area contributed by atoms with Gasteiger partial charge < -0.3 is 10.2 Å². The molecule has 112 valence electrons. The summed E-state index contributed by atoms with van der Waals surface area (Å²) in [6.45, 7) is 5.49. The Labute approximate surface area is 123 Å². The second kappa shape index (κ2) is 7.70. The van der Waals surface area contributed by atoms with E-state index in [9.17, 15) is 0 Å². The molecule has 4 nitrogen and oxygen atoms in total. The van der Waals surface area contributed by atoms with Crippen LogP contribution in [0.25, 0.3) is 0 Å². The van der Waals surface area contributed by atoms with E-state index in [1.165, 1.54) is 24.1 Å². The van der Waals surface area contributed by atoms with Gasteiger partial charge >= 0.3 is 0 Å². The molecule has 1 aromatic rings. The molecule has 4 heteroatoms. The van der Waals surface area contributed by atoms with Gasteiger partial charge in [-0.1, -0.05) is 6.92 Å². The van der Waals surface area contributed by atoms with E-state index in [0.29, 0.717) is 0 Å². The molecule has 1 aliphatic rings. The van der Waals surface area contributed by atoms with Crippen molar-refractivity contribution in [2.75, 3.05) is 33.7 Å². The van der Waals surface area contributed by atoms with Crippen molar-refractivity contribution in [1.29, 1.82) is 0 Å². The fourth-order valence-electron chi connectivity index (χ4n) is 2.73. The average molecular weight is 276 g/mol. The van der Waals surface area contributed by atoms with E-state index in [2.05, 4.69) is 42.4 Å². The van der Waals surface area contributed by atoms with Crippen molar-refractivity contribution in [2.45, 2.75) is 39.0 Å². The quantitative estimate of drug-likeness (QED) is 0.769. The molecular formula is C16H28N4. The maximum atomic E-state index is 4.76. The van der Waals surface area contributed by atoms with E-state index in [-0.39, 0.29) is 0 Å². The van der Waals surface area contributed by atoms with Gasteiger partial charge in [-0.3, -0.25) is 0 Å². The van der Waals surface area contributed by atoms with Crippen molar-refractivity contribution in [3.05, 3.63) is 23.3 Å². The summed E-state index contributed by atoms with van der Waals surface area (Å²) < 4.78 is 0. The molecule has 0 aliphatic heterocycles. The lowest BCUT2D eigenvalue weighted by molar-refractivity contribution is 0.404. The Kier molecular flexibility index (Phi) is 5.92. The maximum absolute atomic E-state index is 4.76. The molecule has 0 bridgehead atoms. The van der Waals surface area contributed by atoms with E-state index < -0.39 is 0 Å². The van der Waals surface area contributed by atoms with Crippen LogP contribution in [0.4, 0.5) is 0 Å². The summed E-state index contributed by atoms with van der Waals surface area (Å²) >= 11 is 0. The van der Waals surface area contributed by atoms with Gasteiger partial charge in [0.25, 0.3) is 0 Å². The third-order valence-electron chi connectivity index (χ3n) is 3.94. The first-order valence-electron chi connectivity index (χ1n) is 7.88. The first-order valence-corrected chi connectivity index (χ1v) is 7.88. The van der Waals surface area contributed by atoms with Crippen molar-refractivity contribution in [2.24, 2.45) is 5.92 Å². The average Bonchev–Trinajstić information content (AvgIpc) is 2.45. The molecule has 1 atom stereocenters. The van der Waals surface area contributed by atoms with E-state index in [1.54, 1.807) is 0 Å². The Balaban J connectivity index is 1.90. The number of nitrogens with one attached hydrogen (secondary N) is 1. The second-order valence-corrected chi connectivity index (χ2v) is 6.12. The van der Waals surface area contributed by atoms with E-state index in [1.807, 2.05) is 0 Å². The zero-order valence-corrected chi connectivity index (χ0v) is 13.2. The molecule has 0 radical (unpaired) electrons. The van der Waals surface area contributed by atoms with Gasteiger partial charge in [0.1, 0.15) is 5.82 Å². The second-order valence-electron chi connectivity index (χ2n) is 6.12. The SMILES string of the molecule is CCCNCC1CCc2nc(CCN(C)C)ncc2C1.